The van der Waals surface area contributed by atoms with E-state index in [0.717, 1.165) is 0 Å². The van der Waals surface area contributed by atoms with Gasteiger partial charge in [0.15, 0.2) is 11.5 Å². The fourth-order valence-electron chi connectivity index (χ4n) is 2.30. The van der Waals surface area contributed by atoms with Crippen molar-refractivity contribution in [2.45, 2.75) is 6.92 Å². The van der Waals surface area contributed by atoms with E-state index in [4.69, 9.17) is 32.7 Å². The van der Waals surface area contributed by atoms with Crippen LogP contribution in [0, 0.1) is 0 Å². The van der Waals surface area contributed by atoms with Gasteiger partial charge in [-0.25, -0.2) is 4.79 Å². The molecule has 3 aromatic rings. The van der Waals surface area contributed by atoms with Gasteiger partial charge < -0.3 is 9.47 Å². The highest BCUT2D eigenvalue weighted by Gasteiger charge is 2.22. The minimum atomic E-state index is -0.570. The Bertz CT molecular complexity index is 966. The molecular weight excluding hydrogens is 359 g/mol. The highest BCUT2D eigenvalue weighted by Crippen LogP contribution is 2.48. The molecule has 0 aliphatic rings. The van der Waals surface area contributed by atoms with Crippen LogP contribution in [0.4, 0.5) is 0 Å². The van der Waals surface area contributed by atoms with Crippen LogP contribution in [0.15, 0.2) is 66.7 Å². The van der Waals surface area contributed by atoms with E-state index in [9.17, 15) is 4.79 Å². The van der Waals surface area contributed by atoms with E-state index in [1.54, 1.807) is 13.0 Å². The van der Waals surface area contributed by atoms with Crippen LogP contribution in [-0.4, -0.2) is 5.97 Å². The third-order valence-electron chi connectivity index (χ3n) is 3.51. The summed E-state index contributed by atoms with van der Waals surface area (Å²) in [6, 6.07) is 16.5. The number of rotatable bonds is 4. The van der Waals surface area contributed by atoms with Crippen LogP contribution in [0.2, 0.25) is 10.0 Å². The summed E-state index contributed by atoms with van der Waals surface area (Å²) in [6.07, 6.45) is 0. The minimum Gasteiger partial charge on any atom is -0.455 e. The van der Waals surface area contributed by atoms with Crippen molar-refractivity contribution in [1.82, 2.24) is 0 Å². The summed E-state index contributed by atoms with van der Waals surface area (Å²) in [5.41, 5.74) is 0.265. The van der Waals surface area contributed by atoms with E-state index in [1.165, 1.54) is 0 Å². The first kappa shape index (κ1) is 17.3. The second kappa shape index (κ2) is 7.18. The van der Waals surface area contributed by atoms with Crippen LogP contribution in [-0.2, 0) is 4.79 Å². The second-order valence-electron chi connectivity index (χ2n) is 5.42. The van der Waals surface area contributed by atoms with Crippen LogP contribution in [0.25, 0.3) is 10.8 Å². The fourth-order valence-corrected chi connectivity index (χ4v) is 2.75. The summed E-state index contributed by atoms with van der Waals surface area (Å²) in [5, 5.41) is 1.59. The van der Waals surface area contributed by atoms with Crippen molar-refractivity contribution in [3.05, 3.63) is 76.8 Å². The van der Waals surface area contributed by atoms with Gasteiger partial charge in [0.05, 0.1) is 0 Å². The monoisotopic (exact) mass is 372 g/mol. The molecule has 3 aromatic carbocycles. The molecule has 0 saturated heterocycles. The summed E-state index contributed by atoms with van der Waals surface area (Å²) in [5.74, 6) is 0.649. The predicted molar refractivity (Wildman–Crippen MR) is 101 cm³/mol. The number of halogens is 2. The number of carbonyl (C=O) groups excluding carboxylic acids is 1. The number of carbonyl (C=O) groups is 1. The molecule has 0 aliphatic carbocycles. The Kier molecular flexibility index (Phi) is 4.98. The zero-order chi connectivity index (χ0) is 18.0. The maximum atomic E-state index is 11.9. The molecule has 0 heterocycles. The average Bonchev–Trinajstić information content (AvgIpc) is 2.63. The first-order chi connectivity index (χ1) is 12.0. The summed E-state index contributed by atoms with van der Waals surface area (Å²) in [4.78, 5) is 11.9. The lowest BCUT2D eigenvalue weighted by atomic mass is 10.1. The van der Waals surface area contributed by atoms with Crippen molar-refractivity contribution in [3.8, 4) is 17.2 Å². The summed E-state index contributed by atoms with van der Waals surface area (Å²) in [6.45, 7) is 5.14. The van der Waals surface area contributed by atoms with Crippen molar-refractivity contribution in [3.63, 3.8) is 0 Å². The zero-order valence-electron chi connectivity index (χ0n) is 13.4. The van der Waals surface area contributed by atoms with Crippen molar-refractivity contribution in [1.29, 1.82) is 0 Å². The van der Waals surface area contributed by atoms with Gasteiger partial charge in [-0.1, -0.05) is 72.2 Å². The number of esters is 1. The number of benzene rings is 3. The van der Waals surface area contributed by atoms with Crippen LogP contribution < -0.4 is 9.47 Å². The second-order valence-corrected chi connectivity index (χ2v) is 6.17. The molecule has 126 valence electrons. The van der Waals surface area contributed by atoms with Crippen LogP contribution >= 0.6 is 23.2 Å². The summed E-state index contributed by atoms with van der Waals surface area (Å²) >= 11 is 12.8. The lowest BCUT2D eigenvalue weighted by molar-refractivity contribution is -0.129. The number of para-hydroxylation sites is 1. The van der Waals surface area contributed by atoms with Crippen molar-refractivity contribution in [2.24, 2.45) is 0 Å². The number of hydrogen-bond acceptors (Lipinski definition) is 3. The fraction of sp³-hybridized carbons (Fsp3) is 0.0500. The topological polar surface area (TPSA) is 35.5 Å². The molecule has 25 heavy (non-hydrogen) atoms. The molecule has 3 nitrogen and oxygen atoms in total. The van der Waals surface area contributed by atoms with Gasteiger partial charge in [-0.15, -0.1) is 0 Å². The molecule has 5 heteroatoms. The maximum Gasteiger partial charge on any atom is 0.338 e. The molecule has 0 aliphatic heterocycles. The Balaban J connectivity index is 2.18. The third-order valence-corrected chi connectivity index (χ3v) is 4.33. The van der Waals surface area contributed by atoms with Crippen LogP contribution in [0.1, 0.15) is 6.92 Å². The maximum absolute atomic E-state index is 11.9. The normalized spacial score (nSPS) is 10.5. The Hall–Kier alpha value is -2.49. The molecule has 0 bridgehead atoms. The zero-order valence-corrected chi connectivity index (χ0v) is 14.9. The Labute approximate surface area is 155 Å². The largest absolute Gasteiger partial charge is 0.455 e. The lowest BCUT2D eigenvalue weighted by Crippen LogP contribution is -2.09. The Morgan fingerprint density at radius 2 is 1.40 bits per heavy atom. The van der Waals surface area contributed by atoms with Gasteiger partial charge in [0, 0.05) is 16.3 Å². The molecule has 0 N–H and O–H groups in total. The minimum absolute atomic E-state index is 0.112. The molecule has 0 spiro atoms. The quantitative estimate of drug-likeness (QED) is 0.301. The SMILES string of the molecule is C=C(C)C(=O)Oc1c(Cl)c(Cl)c(Oc2ccccc2)c2ccccc12. The third kappa shape index (κ3) is 3.48. The predicted octanol–water partition coefficient (Wildman–Crippen LogP) is 6.42. The molecule has 0 saturated carbocycles. The molecule has 0 radical (unpaired) electrons. The van der Waals surface area contributed by atoms with Crippen LogP contribution in [0.3, 0.4) is 0 Å². The molecule has 0 atom stereocenters. The van der Waals surface area contributed by atoms with Crippen molar-refractivity contribution >= 4 is 39.9 Å². The molecule has 0 aromatic heterocycles. The molecular formula is C20H14Cl2O3. The van der Waals surface area contributed by atoms with Crippen LogP contribution in [0.5, 0.6) is 17.2 Å². The van der Waals surface area contributed by atoms with Gasteiger partial charge in [0.1, 0.15) is 15.8 Å². The smallest absolute Gasteiger partial charge is 0.338 e. The summed E-state index contributed by atoms with van der Waals surface area (Å²) in [7, 11) is 0. The van der Waals surface area contributed by atoms with Crippen molar-refractivity contribution < 1.29 is 14.3 Å². The van der Waals surface area contributed by atoms with E-state index >= 15 is 0 Å². The Morgan fingerprint density at radius 1 is 0.880 bits per heavy atom. The Morgan fingerprint density at radius 3 is 2.00 bits per heavy atom. The lowest BCUT2D eigenvalue weighted by Gasteiger charge is -2.16. The van der Waals surface area contributed by atoms with E-state index in [0.29, 0.717) is 22.3 Å². The summed E-state index contributed by atoms with van der Waals surface area (Å²) < 4.78 is 11.3. The van der Waals surface area contributed by atoms with Gasteiger partial charge in [0.2, 0.25) is 0 Å². The molecule has 3 rings (SSSR count). The number of hydrogen-bond donors (Lipinski definition) is 0. The highest BCUT2D eigenvalue weighted by atomic mass is 35.5. The van der Waals surface area contributed by atoms with Gasteiger partial charge in [-0.2, -0.15) is 0 Å². The van der Waals surface area contributed by atoms with E-state index in [2.05, 4.69) is 6.58 Å². The number of fused-ring (bicyclic) bond motifs is 1. The van der Waals surface area contributed by atoms with Crippen molar-refractivity contribution in [2.75, 3.05) is 0 Å². The number of ether oxygens (including phenoxy) is 2. The molecule has 0 unspecified atom stereocenters. The van der Waals surface area contributed by atoms with E-state index in [-0.39, 0.29) is 21.4 Å². The first-order valence-corrected chi connectivity index (χ1v) is 8.25. The standard InChI is InChI=1S/C20H14Cl2O3/c1-12(2)20(23)25-19-15-11-7-6-10-14(15)18(16(21)17(19)22)24-13-8-4-3-5-9-13/h3-11H,1H2,2H3. The highest BCUT2D eigenvalue weighted by molar-refractivity contribution is 6.45. The van der Waals surface area contributed by atoms with Gasteiger partial charge in [-0.3, -0.25) is 0 Å². The average molecular weight is 373 g/mol. The van der Waals surface area contributed by atoms with Gasteiger partial charge >= 0.3 is 5.97 Å². The molecule has 0 amide bonds. The van der Waals surface area contributed by atoms with E-state index in [1.807, 2.05) is 48.5 Å². The van der Waals surface area contributed by atoms with Gasteiger partial charge in [-0.05, 0) is 19.1 Å². The van der Waals surface area contributed by atoms with E-state index < -0.39 is 5.97 Å². The first-order valence-electron chi connectivity index (χ1n) is 7.49. The molecule has 0 fully saturated rings. The van der Waals surface area contributed by atoms with Gasteiger partial charge in [0.25, 0.3) is 0 Å².